The lowest BCUT2D eigenvalue weighted by atomic mass is 10.3. The second-order valence-electron chi connectivity index (χ2n) is 4.66. The Bertz CT molecular complexity index is 829. The van der Waals surface area contributed by atoms with E-state index in [0.717, 1.165) is 10.6 Å². The first-order chi connectivity index (χ1) is 10.7. The molecule has 10 heteroatoms. The van der Waals surface area contributed by atoms with E-state index in [1.54, 1.807) is 25.2 Å². The summed E-state index contributed by atoms with van der Waals surface area (Å²) < 4.78 is 24.4. The summed E-state index contributed by atoms with van der Waals surface area (Å²) in [6, 6.07) is 5.02. The summed E-state index contributed by atoms with van der Waals surface area (Å²) in [5, 5.41) is 6.67. The number of sulfonamides is 1. The molecule has 0 amide bonds. The lowest BCUT2D eigenvalue weighted by Crippen LogP contribution is -2.26. The van der Waals surface area contributed by atoms with E-state index >= 15 is 0 Å². The fourth-order valence-electron chi connectivity index (χ4n) is 1.73. The van der Waals surface area contributed by atoms with Crippen molar-refractivity contribution in [2.24, 2.45) is 0 Å². The van der Waals surface area contributed by atoms with E-state index in [0.29, 0.717) is 33.2 Å². The third-order valence-electron chi connectivity index (χ3n) is 3.02. The number of nitrogens with one attached hydrogen (secondary N) is 2. The predicted molar refractivity (Wildman–Crippen MR) is 94.6 cm³/mol. The summed E-state index contributed by atoms with van der Waals surface area (Å²) in [4.78, 5) is 8.38. The predicted octanol–water partition coefficient (Wildman–Crippen LogP) is 2.96. The minimum atomic E-state index is -3.41. The molecule has 0 aliphatic rings. The van der Waals surface area contributed by atoms with Crippen LogP contribution >= 0.6 is 23.2 Å². The zero-order valence-corrected chi connectivity index (χ0v) is 15.0. The number of hydrogen-bond acceptors (Lipinski definition) is 6. The summed E-state index contributed by atoms with van der Waals surface area (Å²) >= 11 is 11.8. The van der Waals surface area contributed by atoms with Gasteiger partial charge in [-0.1, -0.05) is 23.2 Å². The van der Waals surface area contributed by atoms with Gasteiger partial charge >= 0.3 is 0 Å². The van der Waals surface area contributed by atoms with E-state index in [4.69, 9.17) is 23.2 Å². The highest BCUT2D eigenvalue weighted by molar-refractivity contribution is 7.92. The molecule has 2 aromatic rings. The fourth-order valence-corrected chi connectivity index (χ4v) is 2.52. The minimum Gasteiger partial charge on any atom is -0.371 e. The third-order valence-corrected chi connectivity index (χ3v) is 4.95. The van der Waals surface area contributed by atoms with Crippen molar-refractivity contribution < 1.29 is 8.42 Å². The molecule has 2 N–H and O–H groups in total. The average molecular weight is 376 g/mol. The van der Waals surface area contributed by atoms with Gasteiger partial charge in [0.05, 0.1) is 22.5 Å². The lowest BCUT2D eigenvalue weighted by Gasteiger charge is -2.19. The molecule has 7 nitrogen and oxygen atoms in total. The second-order valence-corrected chi connectivity index (χ2v) is 7.49. The fraction of sp³-hybridized carbons (Fsp3) is 0.231. The number of rotatable bonds is 5. The molecule has 0 aliphatic carbocycles. The second kappa shape index (κ2) is 6.77. The van der Waals surface area contributed by atoms with Gasteiger partial charge in [0, 0.05) is 19.8 Å². The van der Waals surface area contributed by atoms with E-state index < -0.39 is 10.0 Å². The summed E-state index contributed by atoms with van der Waals surface area (Å²) in [6.45, 7) is 0. The highest BCUT2D eigenvalue weighted by Crippen LogP contribution is 2.28. The van der Waals surface area contributed by atoms with Gasteiger partial charge in [0.15, 0.2) is 5.82 Å². The molecule has 0 aliphatic heterocycles. The van der Waals surface area contributed by atoms with Crippen molar-refractivity contribution in [3.63, 3.8) is 0 Å². The number of halogens is 2. The van der Waals surface area contributed by atoms with Crippen molar-refractivity contribution in [3.8, 4) is 0 Å². The normalized spacial score (nSPS) is 11.2. The van der Waals surface area contributed by atoms with Crippen molar-refractivity contribution in [1.29, 1.82) is 0 Å². The van der Waals surface area contributed by atoms with Crippen LogP contribution in [0.1, 0.15) is 0 Å². The number of anilines is 4. The maximum atomic E-state index is 11.6. The number of benzene rings is 1. The van der Waals surface area contributed by atoms with Crippen LogP contribution in [-0.4, -0.2) is 38.7 Å². The Morgan fingerprint density at radius 3 is 2.48 bits per heavy atom. The van der Waals surface area contributed by atoms with E-state index in [2.05, 4.69) is 20.6 Å². The van der Waals surface area contributed by atoms with Gasteiger partial charge in [-0.05, 0) is 18.2 Å². The molecule has 1 aromatic carbocycles. The van der Waals surface area contributed by atoms with Gasteiger partial charge in [-0.25, -0.2) is 13.4 Å². The lowest BCUT2D eigenvalue weighted by molar-refractivity contribution is 0.600. The molecule has 0 saturated heterocycles. The summed E-state index contributed by atoms with van der Waals surface area (Å²) in [6.07, 6.45) is 2.52. The smallest absolute Gasteiger partial charge is 0.232 e. The highest BCUT2D eigenvalue weighted by Gasteiger charge is 2.17. The Balaban J connectivity index is 2.33. The minimum absolute atomic E-state index is 0.290. The first kappa shape index (κ1) is 17.6. The van der Waals surface area contributed by atoms with Gasteiger partial charge in [-0.3, -0.25) is 4.31 Å². The van der Waals surface area contributed by atoms with E-state index in [9.17, 15) is 8.42 Å². The van der Waals surface area contributed by atoms with Gasteiger partial charge in [0.2, 0.25) is 16.0 Å². The zero-order valence-electron chi connectivity index (χ0n) is 12.6. The largest absolute Gasteiger partial charge is 0.371 e. The Hall–Kier alpha value is -1.77. The van der Waals surface area contributed by atoms with E-state index in [1.165, 1.54) is 13.2 Å². The molecule has 0 unspecified atom stereocenters. The molecule has 124 valence electrons. The topological polar surface area (TPSA) is 87.2 Å². The number of aromatic nitrogens is 2. The third kappa shape index (κ3) is 4.15. The van der Waals surface area contributed by atoms with E-state index in [-0.39, 0.29) is 0 Å². The van der Waals surface area contributed by atoms with Crippen LogP contribution in [0.3, 0.4) is 0 Å². The Morgan fingerprint density at radius 1 is 1.22 bits per heavy atom. The summed E-state index contributed by atoms with van der Waals surface area (Å²) in [7, 11) is -0.335. The van der Waals surface area contributed by atoms with Crippen molar-refractivity contribution in [2.75, 3.05) is 35.3 Å². The molecule has 0 atom stereocenters. The summed E-state index contributed by atoms with van der Waals surface area (Å²) in [5.41, 5.74) is 1.00. The molecule has 1 heterocycles. The van der Waals surface area contributed by atoms with E-state index in [1.807, 2.05) is 0 Å². The molecule has 1 aromatic heterocycles. The van der Waals surface area contributed by atoms with Crippen molar-refractivity contribution in [3.05, 3.63) is 34.4 Å². The molecule has 0 spiro atoms. The van der Waals surface area contributed by atoms with Gasteiger partial charge in [0.25, 0.3) is 0 Å². The summed E-state index contributed by atoms with van der Waals surface area (Å²) in [5.74, 6) is 0.661. The highest BCUT2D eigenvalue weighted by atomic mass is 35.5. The standard InChI is InChI=1S/C13H15Cl2N5O2S/c1-16-12-11(20(2)23(3,21)22)7-17-13(19-12)18-8-4-5-9(14)10(15)6-8/h4-7H,1-3H3,(H2,16,17,18,19). The van der Waals surface area contributed by atoms with Crippen LogP contribution in [0.5, 0.6) is 0 Å². The van der Waals surface area contributed by atoms with Crippen LogP contribution in [-0.2, 0) is 10.0 Å². The molecular weight excluding hydrogens is 361 g/mol. The average Bonchev–Trinajstić information content (AvgIpc) is 2.49. The van der Waals surface area contributed by atoms with Crippen molar-refractivity contribution >= 4 is 56.4 Å². The van der Waals surface area contributed by atoms with Crippen molar-refractivity contribution in [1.82, 2.24) is 9.97 Å². The maximum absolute atomic E-state index is 11.6. The van der Waals surface area contributed by atoms with Gasteiger partial charge in [-0.2, -0.15) is 4.98 Å². The first-order valence-corrected chi connectivity index (χ1v) is 9.03. The maximum Gasteiger partial charge on any atom is 0.232 e. The van der Waals surface area contributed by atoms with Crippen LogP contribution in [0.4, 0.5) is 23.1 Å². The number of hydrogen-bond donors (Lipinski definition) is 2. The Morgan fingerprint density at radius 2 is 1.91 bits per heavy atom. The van der Waals surface area contributed by atoms with Crippen LogP contribution in [0.2, 0.25) is 10.0 Å². The van der Waals surface area contributed by atoms with Gasteiger partial charge < -0.3 is 10.6 Å². The SMILES string of the molecule is CNc1nc(Nc2ccc(Cl)c(Cl)c2)ncc1N(C)S(C)(=O)=O. The first-order valence-electron chi connectivity index (χ1n) is 6.43. The number of nitrogens with zero attached hydrogens (tertiary/aromatic N) is 3. The molecular formula is C13H15Cl2N5O2S. The molecule has 2 rings (SSSR count). The quantitative estimate of drug-likeness (QED) is 0.834. The van der Waals surface area contributed by atoms with Crippen LogP contribution < -0.4 is 14.9 Å². The molecule has 0 radical (unpaired) electrons. The van der Waals surface area contributed by atoms with Gasteiger partial charge in [0.1, 0.15) is 5.69 Å². The van der Waals surface area contributed by atoms with Gasteiger partial charge in [-0.15, -0.1) is 0 Å². The molecule has 0 saturated carbocycles. The molecule has 23 heavy (non-hydrogen) atoms. The molecule has 0 fully saturated rings. The van der Waals surface area contributed by atoms with Crippen LogP contribution in [0.25, 0.3) is 0 Å². The van der Waals surface area contributed by atoms with Crippen molar-refractivity contribution in [2.45, 2.75) is 0 Å². The monoisotopic (exact) mass is 375 g/mol. The zero-order chi connectivity index (χ0) is 17.2. The Labute approximate surface area is 144 Å². The molecule has 0 bridgehead atoms. The Kier molecular flexibility index (Phi) is 5.18. The van der Waals surface area contributed by atoms with Crippen LogP contribution in [0.15, 0.2) is 24.4 Å². The van der Waals surface area contributed by atoms with Crippen LogP contribution in [0, 0.1) is 0 Å².